The number of aromatic hydroxyl groups is 1. The van der Waals surface area contributed by atoms with Crippen molar-refractivity contribution in [1.29, 1.82) is 0 Å². The lowest BCUT2D eigenvalue weighted by Gasteiger charge is -2.26. The van der Waals surface area contributed by atoms with Crippen LogP contribution in [-0.4, -0.2) is 33.5 Å². The average Bonchev–Trinajstić information content (AvgIpc) is 2.29. The second kappa shape index (κ2) is 6.35. The van der Waals surface area contributed by atoms with E-state index in [1.54, 1.807) is 17.0 Å². The summed E-state index contributed by atoms with van der Waals surface area (Å²) in [7, 11) is 0. The summed E-state index contributed by atoms with van der Waals surface area (Å²) in [5.74, 6) is 0.0621. The number of hydrogen-bond donors (Lipinski definition) is 2. The second-order valence-electron chi connectivity index (χ2n) is 4.36. The van der Waals surface area contributed by atoms with Crippen molar-refractivity contribution >= 4 is 23.1 Å². The molecule has 0 saturated heterocycles. The Labute approximate surface area is 112 Å². The van der Waals surface area contributed by atoms with E-state index in [2.05, 4.69) is 0 Å². The summed E-state index contributed by atoms with van der Waals surface area (Å²) in [6.45, 7) is 4.39. The van der Waals surface area contributed by atoms with Gasteiger partial charge in [-0.1, -0.05) is 12.2 Å². The minimum absolute atomic E-state index is 0.0700. The summed E-state index contributed by atoms with van der Waals surface area (Å²) >= 11 is 4.83. The van der Waals surface area contributed by atoms with E-state index in [9.17, 15) is 9.90 Å². The first-order valence-electron chi connectivity index (χ1n) is 5.80. The molecule has 98 valence electrons. The molecule has 18 heavy (non-hydrogen) atoms. The number of carbonyl (C=O) groups excluding carboxylic acids is 1. The van der Waals surface area contributed by atoms with Crippen molar-refractivity contribution in [2.45, 2.75) is 26.3 Å². The van der Waals surface area contributed by atoms with E-state index in [0.29, 0.717) is 23.5 Å². The van der Waals surface area contributed by atoms with Crippen molar-refractivity contribution in [2.75, 3.05) is 6.54 Å². The summed E-state index contributed by atoms with van der Waals surface area (Å²) in [4.78, 5) is 14.4. The summed E-state index contributed by atoms with van der Waals surface area (Å²) in [6, 6.07) is 6.28. The standard InChI is InChI=1S/C13H18N2O2S/c1-9(2)15(8-7-12(14)18)13(17)10-3-5-11(16)6-4-10/h3-6,9,16H,7-8H2,1-2H3,(H2,14,18). The zero-order chi connectivity index (χ0) is 13.7. The second-order valence-corrected chi connectivity index (χ2v) is 4.88. The molecule has 5 heteroatoms. The highest BCUT2D eigenvalue weighted by atomic mass is 32.1. The minimum atomic E-state index is -0.0822. The van der Waals surface area contributed by atoms with Crippen molar-refractivity contribution in [3.8, 4) is 5.75 Å². The van der Waals surface area contributed by atoms with Gasteiger partial charge < -0.3 is 15.7 Å². The number of hydrogen-bond acceptors (Lipinski definition) is 3. The maximum atomic E-state index is 12.3. The number of amides is 1. The van der Waals surface area contributed by atoms with Crippen molar-refractivity contribution in [2.24, 2.45) is 5.73 Å². The molecule has 1 rings (SSSR count). The number of benzene rings is 1. The monoisotopic (exact) mass is 266 g/mol. The molecule has 1 amide bonds. The van der Waals surface area contributed by atoms with Crippen molar-refractivity contribution in [3.05, 3.63) is 29.8 Å². The molecular formula is C13H18N2O2S. The van der Waals surface area contributed by atoms with Gasteiger partial charge in [-0.15, -0.1) is 0 Å². The van der Waals surface area contributed by atoms with Gasteiger partial charge >= 0.3 is 0 Å². The quantitative estimate of drug-likeness (QED) is 0.799. The average molecular weight is 266 g/mol. The van der Waals surface area contributed by atoms with Crippen LogP contribution in [0.25, 0.3) is 0 Å². The Hall–Kier alpha value is -1.62. The number of rotatable bonds is 5. The van der Waals surface area contributed by atoms with Crippen LogP contribution in [0.4, 0.5) is 0 Å². The number of carbonyl (C=O) groups is 1. The van der Waals surface area contributed by atoms with Crippen LogP contribution in [0.1, 0.15) is 30.6 Å². The van der Waals surface area contributed by atoms with Gasteiger partial charge in [0.2, 0.25) is 0 Å². The molecule has 0 radical (unpaired) electrons. The lowest BCUT2D eigenvalue weighted by Crippen LogP contribution is -2.38. The predicted octanol–water partition coefficient (Wildman–Crippen LogP) is 1.92. The first-order valence-corrected chi connectivity index (χ1v) is 6.21. The van der Waals surface area contributed by atoms with Gasteiger partial charge in [-0.25, -0.2) is 0 Å². The molecule has 0 atom stereocenters. The van der Waals surface area contributed by atoms with Crippen LogP contribution in [0.2, 0.25) is 0 Å². The lowest BCUT2D eigenvalue weighted by atomic mass is 10.1. The number of phenols is 1. The van der Waals surface area contributed by atoms with Crippen LogP contribution in [0.15, 0.2) is 24.3 Å². The van der Waals surface area contributed by atoms with Gasteiger partial charge in [0.25, 0.3) is 5.91 Å². The Balaban J connectivity index is 2.82. The molecular weight excluding hydrogens is 248 g/mol. The highest BCUT2D eigenvalue weighted by molar-refractivity contribution is 7.80. The fourth-order valence-corrected chi connectivity index (χ4v) is 1.69. The lowest BCUT2D eigenvalue weighted by molar-refractivity contribution is 0.0711. The van der Waals surface area contributed by atoms with Gasteiger partial charge in [0, 0.05) is 24.6 Å². The maximum Gasteiger partial charge on any atom is 0.254 e. The molecule has 0 heterocycles. The summed E-state index contributed by atoms with van der Waals surface area (Å²) in [5, 5.41) is 9.20. The molecule has 0 saturated carbocycles. The molecule has 0 spiro atoms. The molecule has 3 N–H and O–H groups in total. The number of phenolic OH excluding ortho intramolecular Hbond substituents is 1. The van der Waals surface area contributed by atoms with Crippen LogP contribution in [-0.2, 0) is 0 Å². The smallest absolute Gasteiger partial charge is 0.254 e. The molecule has 0 aliphatic heterocycles. The molecule has 0 fully saturated rings. The SMILES string of the molecule is CC(C)N(CCC(N)=S)C(=O)c1ccc(O)cc1. The summed E-state index contributed by atoms with van der Waals surface area (Å²) in [6.07, 6.45) is 0.511. The van der Waals surface area contributed by atoms with Gasteiger partial charge in [-0.2, -0.15) is 0 Å². The van der Waals surface area contributed by atoms with E-state index < -0.39 is 0 Å². The van der Waals surface area contributed by atoms with E-state index >= 15 is 0 Å². The number of thiocarbonyl (C=S) groups is 1. The zero-order valence-corrected chi connectivity index (χ0v) is 11.4. The number of nitrogens with two attached hydrogens (primary N) is 1. The highest BCUT2D eigenvalue weighted by Crippen LogP contribution is 2.13. The molecule has 0 unspecified atom stereocenters. The van der Waals surface area contributed by atoms with E-state index in [1.807, 2.05) is 13.8 Å². The van der Waals surface area contributed by atoms with E-state index in [4.69, 9.17) is 18.0 Å². The summed E-state index contributed by atoms with van der Waals surface area (Å²) in [5.41, 5.74) is 6.01. The molecule has 4 nitrogen and oxygen atoms in total. The molecule has 0 aromatic heterocycles. The first-order chi connectivity index (χ1) is 8.41. The molecule has 1 aromatic rings. The molecule has 0 aliphatic carbocycles. The third-order valence-corrected chi connectivity index (χ3v) is 2.80. The fourth-order valence-electron chi connectivity index (χ4n) is 1.59. The van der Waals surface area contributed by atoms with Crippen LogP contribution >= 0.6 is 12.2 Å². The first kappa shape index (κ1) is 14.4. The van der Waals surface area contributed by atoms with Crippen LogP contribution in [0.3, 0.4) is 0 Å². The number of nitrogens with zero attached hydrogens (tertiary/aromatic N) is 1. The third kappa shape index (κ3) is 4.00. The van der Waals surface area contributed by atoms with Gasteiger partial charge in [-0.3, -0.25) is 4.79 Å². The minimum Gasteiger partial charge on any atom is -0.508 e. The Bertz CT molecular complexity index is 429. The highest BCUT2D eigenvalue weighted by Gasteiger charge is 2.18. The van der Waals surface area contributed by atoms with Crippen molar-refractivity contribution < 1.29 is 9.90 Å². The normalized spacial score (nSPS) is 10.4. The van der Waals surface area contributed by atoms with Crippen molar-refractivity contribution in [3.63, 3.8) is 0 Å². The fraction of sp³-hybridized carbons (Fsp3) is 0.385. The Morgan fingerprint density at radius 3 is 2.39 bits per heavy atom. The summed E-state index contributed by atoms with van der Waals surface area (Å²) < 4.78 is 0. The Kier molecular flexibility index (Phi) is 5.09. The van der Waals surface area contributed by atoms with E-state index in [-0.39, 0.29) is 17.7 Å². The van der Waals surface area contributed by atoms with Crippen LogP contribution in [0.5, 0.6) is 5.75 Å². The molecule has 1 aromatic carbocycles. The van der Waals surface area contributed by atoms with Gasteiger partial charge in [0.15, 0.2) is 0 Å². The van der Waals surface area contributed by atoms with E-state index in [1.165, 1.54) is 12.1 Å². The van der Waals surface area contributed by atoms with Gasteiger partial charge in [0.05, 0.1) is 4.99 Å². The maximum absolute atomic E-state index is 12.3. The van der Waals surface area contributed by atoms with Crippen LogP contribution < -0.4 is 5.73 Å². The van der Waals surface area contributed by atoms with Gasteiger partial charge in [0.1, 0.15) is 5.75 Å². The van der Waals surface area contributed by atoms with Crippen molar-refractivity contribution in [1.82, 2.24) is 4.90 Å². The predicted molar refractivity (Wildman–Crippen MR) is 75.7 cm³/mol. The third-order valence-electron chi connectivity index (χ3n) is 2.60. The van der Waals surface area contributed by atoms with E-state index in [0.717, 1.165) is 0 Å². The Morgan fingerprint density at radius 1 is 1.39 bits per heavy atom. The Morgan fingerprint density at radius 2 is 1.94 bits per heavy atom. The molecule has 0 aliphatic rings. The van der Waals surface area contributed by atoms with Gasteiger partial charge in [-0.05, 0) is 38.1 Å². The topological polar surface area (TPSA) is 66.6 Å². The largest absolute Gasteiger partial charge is 0.508 e. The van der Waals surface area contributed by atoms with Crippen LogP contribution in [0, 0.1) is 0 Å². The molecule has 0 bridgehead atoms. The zero-order valence-electron chi connectivity index (χ0n) is 10.6.